The molecule has 0 saturated heterocycles. The predicted molar refractivity (Wildman–Crippen MR) is 88.1 cm³/mol. The fourth-order valence-electron chi connectivity index (χ4n) is 2.37. The average Bonchev–Trinajstić information content (AvgIpc) is 2.84. The molecule has 0 radical (unpaired) electrons. The maximum Gasteiger partial charge on any atom is 0.279 e. The van der Waals surface area contributed by atoms with E-state index in [0.29, 0.717) is 19.0 Å². The lowest BCUT2D eigenvalue weighted by atomic mass is 10.0. The molecule has 0 aliphatic rings. The monoisotopic (exact) mass is 301 g/mol. The third-order valence-corrected chi connectivity index (χ3v) is 3.60. The second-order valence-electron chi connectivity index (χ2n) is 6.15. The molecule has 0 bridgehead atoms. The van der Waals surface area contributed by atoms with E-state index in [1.807, 2.05) is 38.2 Å². The lowest BCUT2D eigenvalue weighted by Crippen LogP contribution is -3.08. The molecule has 2 aromatic rings. The van der Waals surface area contributed by atoms with Crippen LogP contribution in [-0.2, 0) is 11.3 Å². The molecule has 1 aromatic carbocycles. The van der Waals surface area contributed by atoms with Crippen molar-refractivity contribution in [2.75, 3.05) is 18.9 Å². The van der Waals surface area contributed by atoms with Crippen molar-refractivity contribution in [2.24, 2.45) is 0 Å². The first kappa shape index (κ1) is 16.3. The predicted octanol–water partition coefficient (Wildman–Crippen LogP) is 2.36. The summed E-state index contributed by atoms with van der Waals surface area (Å²) in [4.78, 5) is 13.2. The van der Waals surface area contributed by atoms with Crippen molar-refractivity contribution in [1.82, 2.24) is 0 Å². The standard InChI is InChI=1S/C18H24N2O2/c1-13(2)15-6-8-16(9-7-15)19-18(21)12-20(4)11-17-10-5-14(3)22-17/h5-10,13H,11-12H2,1-4H3,(H,19,21)/p+1. The second kappa shape index (κ2) is 7.27. The molecule has 4 heteroatoms. The molecule has 22 heavy (non-hydrogen) atoms. The van der Waals surface area contributed by atoms with Crippen LogP contribution in [0.15, 0.2) is 40.8 Å². The number of carbonyl (C=O) groups is 1. The largest absolute Gasteiger partial charge is 0.460 e. The summed E-state index contributed by atoms with van der Waals surface area (Å²) in [6.07, 6.45) is 0. The van der Waals surface area contributed by atoms with Crippen LogP contribution in [0.4, 0.5) is 5.69 Å². The molecule has 1 aromatic heterocycles. The van der Waals surface area contributed by atoms with E-state index in [1.165, 1.54) is 5.56 Å². The van der Waals surface area contributed by atoms with Gasteiger partial charge >= 0.3 is 0 Å². The summed E-state index contributed by atoms with van der Waals surface area (Å²) < 4.78 is 5.54. The molecule has 0 aliphatic heterocycles. The summed E-state index contributed by atoms with van der Waals surface area (Å²) >= 11 is 0. The van der Waals surface area contributed by atoms with Crippen LogP contribution in [0.3, 0.4) is 0 Å². The Balaban J connectivity index is 1.84. The van der Waals surface area contributed by atoms with Gasteiger partial charge in [0.25, 0.3) is 5.91 Å². The number of hydrogen-bond acceptors (Lipinski definition) is 2. The first-order valence-corrected chi connectivity index (χ1v) is 7.70. The minimum absolute atomic E-state index is 0.0121. The van der Waals surface area contributed by atoms with Gasteiger partial charge in [0.05, 0.1) is 7.05 Å². The fourth-order valence-corrected chi connectivity index (χ4v) is 2.37. The minimum atomic E-state index is 0.0121. The zero-order valence-electron chi connectivity index (χ0n) is 13.8. The van der Waals surface area contributed by atoms with Crippen LogP contribution < -0.4 is 10.2 Å². The SMILES string of the molecule is Cc1ccc(C[NH+](C)CC(=O)Nc2ccc(C(C)C)cc2)o1. The van der Waals surface area contributed by atoms with Gasteiger partial charge in [-0.05, 0) is 42.7 Å². The number of aryl methyl sites for hydroxylation is 1. The van der Waals surface area contributed by atoms with E-state index in [9.17, 15) is 4.79 Å². The Morgan fingerprint density at radius 2 is 1.86 bits per heavy atom. The number of nitrogens with one attached hydrogen (secondary N) is 2. The van der Waals surface area contributed by atoms with Crippen molar-refractivity contribution in [2.45, 2.75) is 33.2 Å². The van der Waals surface area contributed by atoms with Crippen LogP contribution in [0, 0.1) is 6.92 Å². The highest BCUT2D eigenvalue weighted by Gasteiger charge is 2.12. The number of rotatable bonds is 6. The molecule has 2 N–H and O–H groups in total. The maximum absolute atomic E-state index is 12.1. The van der Waals surface area contributed by atoms with Crippen molar-refractivity contribution >= 4 is 11.6 Å². The van der Waals surface area contributed by atoms with Crippen molar-refractivity contribution in [1.29, 1.82) is 0 Å². The van der Waals surface area contributed by atoms with Gasteiger partial charge in [-0.15, -0.1) is 0 Å². The van der Waals surface area contributed by atoms with E-state index in [4.69, 9.17) is 4.42 Å². The lowest BCUT2D eigenvalue weighted by Gasteiger charge is -2.13. The Bertz CT molecular complexity index is 614. The highest BCUT2D eigenvalue weighted by atomic mass is 16.3. The molecule has 0 aliphatic carbocycles. The van der Waals surface area contributed by atoms with Gasteiger partial charge in [0, 0.05) is 5.69 Å². The van der Waals surface area contributed by atoms with Crippen molar-refractivity contribution in [3.05, 3.63) is 53.5 Å². The molecule has 1 unspecified atom stereocenters. The summed E-state index contributed by atoms with van der Waals surface area (Å²) in [6.45, 7) is 7.34. The topological polar surface area (TPSA) is 46.7 Å². The third-order valence-electron chi connectivity index (χ3n) is 3.60. The molecule has 1 amide bonds. The third kappa shape index (κ3) is 4.74. The summed E-state index contributed by atoms with van der Waals surface area (Å²) in [5.41, 5.74) is 2.12. The summed E-state index contributed by atoms with van der Waals surface area (Å²) in [6, 6.07) is 11.9. The Morgan fingerprint density at radius 1 is 1.18 bits per heavy atom. The smallest absolute Gasteiger partial charge is 0.279 e. The number of amides is 1. The first-order chi connectivity index (χ1) is 10.4. The fraction of sp³-hybridized carbons (Fsp3) is 0.389. The first-order valence-electron chi connectivity index (χ1n) is 7.70. The number of anilines is 1. The van der Waals surface area contributed by atoms with E-state index in [0.717, 1.165) is 22.1 Å². The number of carbonyl (C=O) groups excluding carboxylic acids is 1. The zero-order chi connectivity index (χ0) is 16.1. The van der Waals surface area contributed by atoms with Gasteiger partial charge in [-0.25, -0.2) is 0 Å². The maximum atomic E-state index is 12.1. The molecular weight excluding hydrogens is 276 g/mol. The second-order valence-corrected chi connectivity index (χ2v) is 6.15. The van der Waals surface area contributed by atoms with E-state index in [2.05, 4.69) is 31.3 Å². The molecule has 1 atom stereocenters. The van der Waals surface area contributed by atoms with E-state index in [-0.39, 0.29) is 5.91 Å². The zero-order valence-corrected chi connectivity index (χ0v) is 13.8. The van der Waals surface area contributed by atoms with E-state index >= 15 is 0 Å². The van der Waals surface area contributed by atoms with Gasteiger partial charge in [0.2, 0.25) is 0 Å². The van der Waals surface area contributed by atoms with Crippen LogP contribution in [0.5, 0.6) is 0 Å². The molecule has 0 spiro atoms. The molecule has 0 fully saturated rings. The quantitative estimate of drug-likeness (QED) is 0.860. The van der Waals surface area contributed by atoms with Crippen molar-refractivity contribution in [3.8, 4) is 0 Å². The van der Waals surface area contributed by atoms with Crippen LogP contribution in [0.2, 0.25) is 0 Å². The Kier molecular flexibility index (Phi) is 5.39. The molecular formula is C18H25N2O2+. The highest BCUT2D eigenvalue weighted by Crippen LogP contribution is 2.16. The molecule has 1 heterocycles. The van der Waals surface area contributed by atoms with Gasteiger partial charge in [-0.1, -0.05) is 26.0 Å². The molecule has 2 rings (SSSR count). The average molecular weight is 301 g/mol. The van der Waals surface area contributed by atoms with Crippen LogP contribution >= 0.6 is 0 Å². The Hall–Kier alpha value is -2.07. The van der Waals surface area contributed by atoms with Crippen LogP contribution in [0.25, 0.3) is 0 Å². The van der Waals surface area contributed by atoms with E-state index < -0.39 is 0 Å². The number of likely N-dealkylation sites (N-methyl/N-ethyl adjacent to an activating group) is 1. The number of furan rings is 1. The summed E-state index contributed by atoms with van der Waals surface area (Å²) in [7, 11) is 1.99. The van der Waals surface area contributed by atoms with Crippen molar-refractivity contribution in [3.63, 3.8) is 0 Å². The Morgan fingerprint density at radius 3 is 2.41 bits per heavy atom. The molecule has 4 nitrogen and oxygen atoms in total. The number of quaternary nitrogens is 1. The minimum Gasteiger partial charge on any atom is -0.460 e. The van der Waals surface area contributed by atoms with Gasteiger partial charge in [0.15, 0.2) is 12.3 Å². The van der Waals surface area contributed by atoms with Gasteiger partial charge in [-0.3, -0.25) is 4.79 Å². The highest BCUT2D eigenvalue weighted by molar-refractivity contribution is 5.91. The normalized spacial score (nSPS) is 12.4. The van der Waals surface area contributed by atoms with E-state index in [1.54, 1.807) is 0 Å². The number of benzene rings is 1. The molecule has 118 valence electrons. The summed E-state index contributed by atoms with van der Waals surface area (Å²) in [5.74, 6) is 2.32. The van der Waals surface area contributed by atoms with Gasteiger partial charge < -0.3 is 14.6 Å². The van der Waals surface area contributed by atoms with Gasteiger partial charge in [-0.2, -0.15) is 0 Å². The lowest BCUT2D eigenvalue weighted by molar-refractivity contribution is -0.886. The molecule has 0 saturated carbocycles. The summed E-state index contributed by atoms with van der Waals surface area (Å²) in [5, 5.41) is 2.94. The van der Waals surface area contributed by atoms with Crippen LogP contribution in [-0.4, -0.2) is 19.5 Å². The van der Waals surface area contributed by atoms with Crippen LogP contribution in [0.1, 0.15) is 36.8 Å². The number of hydrogen-bond donors (Lipinski definition) is 2. The van der Waals surface area contributed by atoms with Gasteiger partial charge in [0.1, 0.15) is 12.3 Å². The van der Waals surface area contributed by atoms with Crippen molar-refractivity contribution < 1.29 is 14.1 Å². The Labute approximate surface area is 132 Å².